The third kappa shape index (κ3) is 2.03. The van der Waals surface area contributed by atoms with Crippen LogP contribution in [0.25, 0.3) is 0 Å². The molecule has 4 atom stereocenters. The van der Waals surface area contributed by atoms with E-state index in [2.05, 4.69) is 4.74 Å². The molecule has 1 aromatic rings. The zero-order valence-corrected chi connectivity index (χ0v) is 8.25. The summed E-state index contributed by atoms with van der Waals surface area (Å²) in [5.41, 5.74) is -2.01. The lowest BCUT2D eigenvalue weighted by atomic mass is 10.1. The molecule has 8 nitrogen and oxygen atoms in total. The van der Waals surface area contributed by atoms with Crippen LogP contribution >= 0.6 is 0 Å². The molecule has 1 aromatic heterocycles. The fraction of sp³-hybridized carbons (Fsp3) is 0.556. The summed E-state index contributed by atoms with van der Waals surface area (Å²) in [5, 5.41) is 29.2. The molecule has 17 heavy (non-hydrogen) atoms. The normalized spacial score (nSPS) is 51.0. The average molecular weight is 249 g/mol. The van der Waals surface area contributed by atoms with Crippen LogP contribution < -0.4 is 11.2 Å². The molecule has 4 N–H and O–H groups in total. The van der Waals surface area contributed by atoms with Gasteiger partial charge in [-0.25, -0.2) is 4.79 Å². The minimum absolute atomic E-state index is 0.385. The van der Waals surface area contributed by atoms with Crippen molar-refractivity contribution < 1.29 is 26.9 Å². The van der Waals surface area contributed by atoms with Crippen molar-refractivity contribution in [2.75, 3.05) is 6.56 Å². The molecule has 0 spiro atoms. The van der Waals surface area contributed by atoms with E-state index in [-0.39, 0.29) is 0 Å². The second-order valence-corrected chi connectivity index (χ2v) is 3.16. The highest BCUT2D eigenvalue weighted by Gasteiger charge is 2.43. The molecule has 0 aliphatic carbocycles. The van der Waals surface area contributed by atoms with Gasteiger partial charge in [0.1, 0.15) is 18.2 Å². The van der Waals surface area contributed by atoms with E-state index in [1.807, 2.05) is 0 Å². The number of ether oxygens (including phenoxy) is 1. The standard InChI is InChI=1S/C9H12N2O6/c12-3-4-6(14)7(15)8(17-4)11-2-1-5(13)10-9(11)16/h1-2,4,6-8,12,14-15H,3H2,(H,10,13,16)/t4-,6-,7-,8-/m1/s1/i3D2,4D,6D,7D. The summed E-state index contributed by atoms with van der Waals surface area (Å²) in [6, 6.07) is 0.807. The first kappa shape index (κ1) is 7.07. The number of aromatic nitrogens is 2. The summed E-state index contributed by atoms with van der Waals surface area (Å²) in [5.74, 6) is 0. The lowest BCUT2D eigenvalue weighted by Gasteiger charge is -2.16. The fourth-order valence-corrected chi connectivity index (χ4v) is 1.34. The molecule has 0 unspecified atom stereocenters. The van der Waals surface area contributed by atoms with Gasteiger partial charge in [-0.3, -0.25) is 14.3 Å². The van der Waals surface area contributed by atoms with E-state index in [1.165, 1.54) is 0 Å². The molecular weight excluding hydrogens is 232 g/mol. The monoisotopic (exact) mass is 249 g/mol. The van der Waals surface area contributed by atoms with Gasteiger partial charge in [-0.05, 0) is 0 Å². The number of aliphatic hydroxyl groups is 3. The number of H-pyrrole nitrogens is 1. The van der Waals surface area contributed by atoms with Gasteiger partial charge in [0, 0.05) is 12.3 Å². The quantitative estimate of drug-likeness (QED) is 0.447. The second-order valence-electron chi connectivity index (χ2n) is 3.16. The Bertz CT molecular complexity index is 709. The third-order valence-electron chi connectivity index (χ3n) is 2.13. The van der Waals surface area contributed by atoms with Crippen molar-refractivity contribution in [3.63, 3.8) is 0 Å². The first-order valence-electron chi connectivity index (χ1n) is 6.92. The Morgan fingerprint density at radius 2 is 2.24 bits per heavy atom. The van der Waals surface area contributed by atoms with Crippen LogP contribution in [0.5, 0.6) is 0 Å². The van der Waals surface area contributed by atoms with Crippen LogP contribution in [0.1, 0.15) is 13.1 Å². The molecule has 0 saturated carbocycles. The Morgan fingerprint density at radius 1 is 1.53 bits per heavy atom. The van der Waals surface area contributed by atoms with Crippen LogP contribution in [-0.2, 0) is 4.74 Å². The topological polar surface area (TPSA) is 125 Å². The van der Waals surface area contributed by atoms with E-state index in [0.717, 1.165) is 12.3 Å². The third-order valence-corrected chi connectivity index (χ3v) is 2.13. The number of aromatic amines is 1. The summed E-state index contributed by atoms with van der Waals surface area (Å²) in [6.07, 6.45) is -12.1. The van der Waals surface area contributed by atoms with Crippen LogP contribution in [0.3, 0.4) is 0 Å². The minimum atomic E-state index is -3.67. The van der Waals surface area contributed by atoms with E-state index in [1.54, 1.807) is 4.98 Å². The molecule has 0 amide bonds. The molecule has 8 heteroatoms. The molecule has 0 aromatic carbocycles. The van der Waals surface area contributed by atoms with Gasteiger partial charge in [-0.2, -0.15) is 0 Å². The molecule has 94 valence electrons. The van der Waals surface area contributed by atoms with E-state index in [9.17, 15) is 24.9 Å². The zero-order valence-electron chi connectivity index (χ0n) is 13.2. The summed E-state index contributed by atoms with van der Waals surface area (Å²) in [7, 11) is 0. The summed E-state index contributed by atoms with van der Waals surface area (Å²) < 4.78 is 42.0. The van der Waals surface area contributed by atoms with Crippen LogP contribution in [0, 0.1) is 0 Å². The molecular formula is C9H12N2O6. The van der Waals surface area contributed by atoms with Gasteiger partial charge in [0.2, 0.25) is 0 Å². The highest BCUT2D eigenvalue weighted by atomic mass is 16.6. The van der Waals surface area contributed by atoms with Crippen molar-refractivity contribution in [3.8, 4) is 0 Å². The number of nitrogens with zero attached hydrogens (tertiary/aromatic N) is 1. The van der Waals surface area contributed by atoms with Gasteiger partial charge < -0.3 is 20.1 Å². The van der Waals surface area contributed by atoms with Crippen molar-refractivity contribution in [1.82, 2.24) is 9.55 Å². The lowest BCUT2D eigenvalue weighted by Crippen LogP contribution is -2.37. The molecule has 1 aliphatic rings. The molecule has 2 heterocycles. The summed E-state index contributed by atoms with van der Waals surface area (Å²) >= 11 is 0. The van der Waals surface area contributed by atoms with Crippen molar-refractivity contribution in [2.24, 2.45) is 0 Å². The maximum Gasteiger partial charge on any atom is 0.330 e. The van der Waals surface area contributed by atoms with E-state index >= 15 is 0 Å². The Balaban J connectivity index is 2.66. The maximum atomic E-state index is 11.7. The van der Waals surface area contributed by atoms with E-state index in [0.29, 0.717) is 4.57 Å². The number of rotatable bonds is 2. The van der Waals surface area contributed by atoms with Crippen molar-refractivity contribution in [2.45, 2.75) is 24.5 Å². The Morgan fingerprint density at radius 3 is 2.76 bits per heavy atom. The first-order chi connectivity index (χ1) is 9.75. The predicted molar refractivity (Wildman–Crippen MR) is 54.3 cm³/mol. The summed E-state index contributed by atoms with van der Waals surface area (Å²) in [4.78, 5) is 24.4. The van der Waals surface area contributed by atoms with Gasteiger partial charge in [-0.1, -0.05) is 0 Å². The molecule has 1 aliphatic heterocycles. The fourth-order valence-electron chi connectivity index (χ4n) is 1.34. The second kappa shape index (κ2) is 4.41. The number of hydrogen-bond donors (Lipinski definition) is 4. The van der Waals surface area contributed by atoms with E-state index < -0.39 is 42.3 Å². The van der Waals surface area contributed by atoms with Crippen molar-refractivity contribution in [1.29, 1.82) is 0 Å². The maximum absolute atomic E-state index is 11.7. The van der Waals surface area contributed by atoms with E-state index in [4.69, 9.17) is 6.85 Å². The van der Waals surface area contributed by atoms with Crippen LogP contribution in [0.4, 0.5) is 0 Å². The van der Waals surface area contributed by atoms with Gasteiger partial charge in [0.05, 0.1) is 13.4 Å². The summed E-state index contributed by atoms with van der Waals surface area (Å²) in [6.45, 7) is -3.65. The largest absolute Gasteiger partial charge is 0.394 e. The minimum Gasteiger partial charge on any atom is -0.394 e. The van der Waals surface area contributed by atoms with Gasteiger partial charge in [0.15, 0.2) is 6.23 Å². The highest BCUT2D eigenvalue weighted by molar-refractivity contribution is 4.92. The van der Waals surface area contributed by atoms with Gasteiger partial charge in [0.25, 0.3) is 5.56 Å². The zero-order chi connectivity index (χ0) is 17.1. The average Bonchev–Trinajstić information content (AvgIpc) is 2.47. The molecule has 2 rings (SSSR count). The molecule has 0 radical (unpaired) electrons. The Kier molecular flexibility index (Phi) is 1.83. The van der Waals surface area contributed by atoms with Crippen LogP contribution in [0.15, 0.2) is 21.9 Å². The van der Waals surface area contributed by atoms with Crippen molar-refractivity contribution >= 4 is 0 Å². The number of nitrogens with one attached hydrogen (secondary N) is 1. The Hall–Kier alpha value is -1.48. The molecule has 1 saturated heterocycles. The Labute approximate surface area is 102 Å². The smallest absolute Gasteiger partial charge is 0.330 e. The first-order valence-corrected chi connectivity index (χ1v) is 4.42. The highest BCUT2D eigenvalue weighted by Crippen LogP contribution is 2.27. The SMILES string of the molecule is [2H]C([2H])(O)[C@@]1([2H])O[C@@H](n2ccc(=O)[nH]c2=O)[C@]([2H])(O)[C@]1([2H])O. The molecule has 1 fully saturated rings. The van der Waals surface area contributed by atoms with Gasteiger partial charge in [-0.15, -0.1) is 0 Å². The predicted octanol–water partition coefficient (Wildman–Crippen LogP) is -2.85. The van der Waals surface area contributed by atoms with Crippen LogP contribution in [-0.4, -0.2) is 49.7 Å². The van der Waals surface area contributed by atoms with Gasteiger partial charge >= 0.3 is 5.69 Å². The molecule has 0 bridgehead atoms. The van der Waals surface area contributed by atoms with Crippen molar-refractivity contribution in [3.05, 3.63) is 33.1 Å². The number of hydrogen-bond acceptors (Lipinski definition) is 6. The lowest BCUT2D eigenvalue weighted by molar-refractivity contribution is -0.0550. The van der Waals surface area contributed by atoms with Crippen LogP contribution in [0.2, 0.25) is 0 Å².